The highest BCUT2D eigenvalue weighted by molar-refractivity contribution is 6.32. The summed E-state index contributed by atoms with van der Waals surface area (Å²) in [6, 6.07) is 9.44. The zero-order valence-corrected chi connectivity index (χ0v) is 18.2. The van der Waals surface area contributed by atoms with E-state index in [1.807, 2.05) is 35.2 Å². The lowest BCUT2D eigenvalue weighted by atomic mass is 10.2. The smallest absolute Gasteiger partial charge is 0.247 e. The van der Waals surface area contributed by atoms with E-state index in [0.717, 1.165) is 24.2 Å². The molecule has 0 unspecified atom stereocenters. The Labute approximate surface area is 189 Å². The van der Waals surface area contributed by atoms with Crippen molar-refractivity contribution in [1.29, 1.82) is 0 Å². The summed E-state index contributed by atoms with van der Waals surface area (Å²) in [7, 11) is 1.60. The summed E-state index contributed by atoms with van der Waals surface area (Å²) in [6.45, 7) is 2.77. The number of nitrogens with zero attached hydrogens (tertiary/aromatic N) is 6. The standard InChI is InChI=1S/C22H21ClN6O3/c1-31-18-13-15(4-5-17(18)23)27-8-10-28(11-9-27)19(30)14-29-21-16(3-2-6-24-21)20(26-29)22-25-7-12-32-22/h2-7,12-13H,8-11,14H2,1H3. The average molecular weight is 453 g/mol. The highest BCUT2D eigenvalue weighted by Gasteiger charge is 2.24. The Kier molecular flexibility index (Phi) is 5.40. The van der Waals surface area contributed by atoms with Crippen LogP contribution in [0.2, 0.25) is 5.02 Å². The molecule has 0 N–H and O–H groups in total. The molecule has 4 aromatic rings. The molecule has 0 aliphatic carbocycles. The molecule has 0 atom stereocenters. The first-order chi connectivity index (χ1) is 15.6. The molecular formula is C22H21ClN6O3. The molecule has 32 heavy (non-hydrogen) atoms. The summed E-state index contributed by atoms with van der Waals surface area (Å²) >= 11 is 6.13. The molecule has 1 aliphatic rings. The van der Waals surface area contributed by atoms with Crippen LogP contribution in [-0.2, 0) is 11.3 Å². The number of ether oxygens (including phenoxy) is 1. The van der Waals surface area contributed by atoms with Crippen molar-refractivity contribution < 1.29 is 13.9 Å². The number of hydrogen-bond donors (Lipinski definition) is 0. The van der Waals surface area contributed by atoms with Gasteiger partial charge in [0.25, 0.3) is 0 Å². The maximum absolute atomic E-state index is 13.0. The fourth-order valence-electron chi connectivity index (χ4n) is 3.91. The Hall–Kier alpha value is -3.59. The van der Waals surface area contributed by atoms with E-state index < -0.39 is 0 Å². The first-order valence-corrected chi connectivity index (χ1v) is 10.6. The fourth-order valence-corrected chi connectivity index (χ4v) is 4.10. The van der Waals surface area contributed by atoms with Crippen LogP contribution in [0.5, 0.6) is 5.75 Å². The molecule has 0 spiro atoms. The van der Waals surface area contributed by atoms with Gasteiger partial charge in [-0.05, 0) is 24.3 Å². The van der Waals surface area contributed by atoms with E-state index in [0.29, 0.717) is 41.1 Å². The first kappa shape index (κ1) is 20.3. The van der Waals surface area contributed by atoms with Gasteiger partial charge in [-0.15, -0.1) is 0 Å². The van der Waals surface area contributed by atoms with Crippen LogP contribution in [0.1, 0.15) is 0 Å². The maximum Gasteiger partial charge on any atom is 0.247 e. The molecule has 1 saturated heterocycles. The van der Waals surface area contributed by atoms with Crippen LogP contribution in [0.25, 0.3) is 22.6 Å². The van der Waals surface area contributed by atoms with Gasteiger partial charge in [-0.3, -0.25) is 4.79 Å². The Morgan fingerprint density at radius 1 is 1.16 bits per heavy atom. The minimum Gasteiger partial charge on any atom is -0.495 e. The van der Waals surface area contributed by atoms with Gasteiger partial charge in [-0.2, -0.15) is 5.10 Å². The van der Waals surface area contributed by atoms with Crippen molar-refractivity contribution in [2.24, 2.45) is 0 Å². The highest BCUT2D eigenvalue weighted by atomic mass is 35.5. The predicted molar refractivity (Wildman–Crippen MR) is 120 cm³/mol. The number of fused-ring (bicyclic) bond motifs is 1. The largest absolute Gasteiger partial charge is 0.495 e. The summed E-state index contributed by atoms with van der Waals surface area (Å²) < 4.78 is 12.3. The van der Waals surface area contributed by atoms with Gasteiger partial charge in [-0.1, -0.05) is 11.6 Å². The number of anilines is 1. The molecule has 0 radical (unpaired) electrons. The molecule has 10 heteroatoms. The minimum absolute atomic E-state index is 0.00709. The third kappa shape index (κ3) is 3.75. The quantitative estimate of drug-likeness (QED) is 0.459. The summed E-state index contributed by atoms with van der Waals surface area (Å²) in [6.07, 6.45) is 4.75. The van der Waals surface area contributed by atoms with Crippen LogP contribution < -0.4 is 9.64 Å². The van der Waals surface area contributed by atoms with E-state index in [-0.39, 0.29) is 12.5 Å². The van der Waals surface area contributed by atoms with Crippen molar-refractivity contribution in [1.82, 2.24) is 24.6 Å². The molecule has 0 bridgehead atoms. The van der Waals surface area contributed by atoms with Gasteiger partial charge >= 0.3 is 0 Å². The molecule has 1 aliphatic heterocycles. The molecule has 0 saturated carbocycles. The van der Waals surface area contributed by atoms with E-state index in [1.54, 1.807) is 24.2 Å². The lowest BCUT2D eigenvalue weighted by Crippen LogP contribution is -2.49. The second-order valence-corrected chi connectivity index (χ2v) is 7.81. The van der Waals surface area contributed by atoms with Crippen LogP contribution in [0.15, 0.2) is 53.4 Å². The molecular weight excluding hydrogens is 432 g/mol. The SMILES string of the molecule is COc1cc(N2CCN(C(=O)Cn3nc(-c4ncco4)c4cccnc43)CC2)ccc1Cl. The van der Waals surface area contributed by atoms with Crippen LogP contribution in [0.4, 0.5) is 5.69 Å². The van der Waals surface area contributed by atoms with Crippen LogP contribution >= 0.6 is 11.6 Å². The second kappa shape index (κ2) is 8.51. The molecule has 1 fully saturated rings. The number of methoxy groups -OCH3 is 1. The topological polar surface area (TPSA) is 89.5 Å². The van der Waals surface area contributed by atoms with Gasteiger partial charge < -0.3 is 19.0 Å². The summed E-state index contributed by atoms with van der Waals surface area (Å²) in [5, 5.41) is 5.94. The van der Waals surface area contributed by atoms with Gasteiger partial charge in [0.2, 0.25) is 11.8 Å². The predicted octanol–water partition coefficient (Wildman–Crippen LogP) is 3.10. The fraction of sp³-hybridized carbons (Fsp3) is 0.273. The van der Waals surface area contributed by atoms with Crippen molar-refractivity contribution in [2.75, 3.05) is 38.2 Å². The molecule has 164 valence electrons. The van der Waals surface area contributed by atoms with Crippen molar-refractivity contribution in [3.8, 4) is 17.3 Å². The Bertz CT molecular complexity index is 1250. The second-order valence-electron chi connectivity index (χ2n) is 7.40. The normalized spacial score (nSPS) is 14.2. The number of carbonyl (C=O) groups is 1. The third-order valence-electron chi connectivity index (χ3n) is 5.56. The number of halogens is 1. The van der Waals surface area contributed by atoms with E-state index in [9.17, 15) is 4.79 Å². The Morgan fingerprint density at radius 2 is 2.00 bits per heavy atom. The summed E-state index contributed by atoms with van der Waals surface area (Å²) in [4.78, 5) is 25.7. The van der Waals surface area contributed by atoms with Gasteiger partial charge in [-0.25, -0.2) is 14.6 Å². The first-order valence-electron chi connectivity index (χ1n) is 10.2. The number of aromatic nitrogens is 4. The monoisotopic (exact) mass is 452 g/mol. The third-order valence-corrected chi connectivity index (χ3v) is 5.87. The van der Waals surface area contributed by atoms with Gasteiger partial charge in [0.1, 0.15) is 18.6 Å². The Morgan fingerprint density at radius 3 is 2.75 bits per heavy atom. The number of carbonyl (C=O) groups excluding carboxylic acids is 1. The van der Waals surface area contributed by atoms with Gasteiger partial charge in [0.15, 0.2) is 11.3 Å². The minimum atomic E-state index is -0.00709. The van der Waals surface area contributed by atoms with Gasteiger partial charge in [0, 0.05) is 44.1 Å². The average Bonchev–Trinajstić information content (AvgIpc) is 3.48. The molecule has 1 aromatic carbocycles. The van der Waals surface area contributed by atoms with E-state index in [2.05, 4.69) is 20.0 Å². The molecule has 1 amide bonds. The van der Waals surface area contributed by atoms with Gasteiger partial charge in [0.05, 0.1) is 23.7 Å². The number of rotatable bonds is 5. The lowest BCUT2D eigenvalue weighted by molar-refractivity contribution is -0.132. The Balaban J connectivity index is 1.29. The number of oxazole rings is 1. The number of pyridine rings is 1. The number of hydrogen-bond acceptors (Lipinski definition) is 7. The summed E-state index contributed by atoms with van der Waals surface area (Å²) in [5.41, 5.74) is 2.23. The summed E-state index contributed by atoms with van der Waals surface area (Å²) in [5.74, 6) is 1.04. The number of amides is 1. The molecule has 4 heterocycles. The van der Waals surface area contributed by atoms with E-state index >= 15 is 0 Å². The van der Waals surface area contributed by atoms with Crippen LogP contribution in [0.3, 0.4) is 0 Å². The molecule has 5 rings (SSSR count). The van der Waals surface area contributed by atoms with Crippen molar-refractivity contribution in [3.05, 3.63) is 54.0 Å². The zero-order chi connectivity index (χ0) is 22.1. The number of piperazine rings is 1. The highest BCUT2D eigenvalue weighted by Crippen LogP contribution is 2.30. The molecule has 9 nitrogen and oxygen atoms in total. The van der Waals surface area contributed by atoms with Crippen LogP contribution in [0, 0.1) is 0 Å². The van der Waals surface area contributed by atoms with Crippen molar-refractivity contribution in [3.63, 3.8) is 0 Å². The number of benzene rings is 1. The van der Waals surface area contributed by atoms with Crippen molar-refractivity contribution >= 4 is 34.2 Å². The lowest BCUT2D eigenvalue weighted by Gasteiger charge is -2.36. The van der Waals surface area contributed by atoms with Crippen molar-refractivity contribution in [2.45, 2.75) is 6.54 Å². The van der Waals surface area contributed by atoms with Crippen LogP contribution in [-0.4, -0.2) is 63.8 Å². The van der Waals surface area contributed by atoms with E-state index in [1.165, 1.54) is 6.26 Å². The zero-order valence-electron chi connectivity index (χ0n) is 17.4. The molecule has 3 aromatic heterocycles. The van der Waals surface area contributed by atoms with E-state index in [4.69, 9.17) is 20.8 Å². The maximum atomic E-state index is 13.0.